The molecular formula is C27H37N3O7S. The third-order valence-electron chi connectivity index (χ3n) is 6.57. The van der Waals surface area contributed by atoms with E-state index in [4.69, 9.17) is 22.7 Å². The van der Waals surface area contributed by atoms with Crippen molar-refractivity contribution in [3.05, 3.63) is 60.2 Å². The highest BCUT2D eigenvalue weighted by molar-refractivity contribution is 7.89. The molecule has 2 aromatic carbocycles. The number of fused-ring (bicyclic) bond motifs is 1. The molecule has 4 rings (SSSR count). The summed E-state index contributed by atoms with van der Waals surface area (Å²) in [5.41, 5.74) is 6.99. The number of carbonyl (C=O) groups excluding carboxylic acids is 1. The second kappa shape index (κ2) is 12.4. The van der Waals surface area contributed by atoms with Crippen LogP contribution in [0.3, 0.4) is 0 Å². The van der Waals surface area contributed by atoms with Gasteiger partial charge in [0.05, 0.1) is 38.9 Å². The number of nitrogens with two attached hydrogens (primary N) is 1. The van der Waals surface area contributed by atoms with Crippen molar-refractivity contribution in [3.8, 4) is 0 Å². The fourth-order valence-corrected chi connectivity index (χ4v) is 6.21. The van der Waals surface area contributed by atoms with Gasteiger partial charge < -0.3 is 30.4 Å². The average molecular weight is 550 g/mol. The number of aliphatic hydroxyl groups excluding tert-OH is 1. The van der Waals surface area contributed by atoms with Crippen molar-refractivity contribution in [2.45, 2.75) is 56.1 Å². The molecule has 0 aliphatic carbocycles. The highest BCUT2D eigenvalue weighted by Crippen LogP contribution is 2.33. The van der Waals surface area contributed by atoms with Gasteiger partial charge in [-0.05, 0) is 48.6 Å². The topological polar surface area (TPSA) is 140 Å². The van der Waals surface area contributed by atoms with Crippen LogP contribution in [0.25, 0.3) is 0 Å². The van der Waals surface area contributed by atoms with Gasteiger partial charge in [-0.25, -0.2) is 13.2 Å². The minimum atomic E-state index is -3.97. The quantitative estimate of drug-likeness (QED) is 0.363. The van der Waals surface area contributed by atoms with Crippen molar-refractivity contribution in [1.29, 1.82) is 0 Å². The lowest BCUT2D eigenvalue weighted by Crippen LogP contribution is -2.51. The number of aliphatic hydroxyl groups is 1. The number of rotatable bonds is 11. The number of alkyl carbamates (subject to hydrolysis) is 1. The number of anilines is 1. The number of carbonyl (C=O) groups is 1. The van der Waals surface area contributed by atoms with Crippen LogP contribution in [0.1, 0.15) is 28.6 Å². The third kappa shape index (κ3) is 7.03. The second-order valence-corrected chi connectivity index (χ2v) is 12.0. The maximum atomic E-state index is 13.5. The highest BCUT2D eigenvalue weighted by Gasteiger charge is 2.44. The zero-order valence-electron chi connectivity index (χ0n) is 23.5. The van der Waals surface area contributed by atoms with E-state index in [0.717, 1.165) is 5.56 Å². The van der Waals surface area contributed by atoms with Gasteiger partial charge in [0.2, 0.25) is 10.0 Å². The van der Waals surface area contributed by atoms with Gasteiger partial charge in [0.1, 0.15) is 6.10 Å². The molecule has 0 aromatic heterocycles. The van der Waals surface area contributed by atoms with E-state index in [0.29, 0.717) is 5.69 Å². The number of benzene rings is 2. The Hall–Kier alpha value is -2.70. The summed E-state index contributed by atoms with van der Waals surface area (Å²) in [6.45, 7) is 1.83. The van der Waals surface area contributed by atoms with Crippen LogP contribution >= 0.6 is 0 Å². The maximum Gasteiger partial charge on any atom is 0.407 e. The van der Waals surface area contributed by atoms with Crippen LogP contribution in [0.2, 0.25) is 0 Å². The Kier molecular flexibility index (Phi) is 8.37. The number of sulfonamides is 1. The number of nitrogens with one attached hydrogen (secondary N) is 1. The largest absolute Gasteiger partial charge is 0.443 e. The van der Waals surface area contributed by atoms with E-state index in [2.05, 4.69) is 5.32 Å². The number of amides is 1. The first-order chi connectivity index (χ1) is 18.8. The van der Waals surface area contributed by atoms with Gasteiger partial charge in [-0.1, -0.05) is 44.2 Å². The molecular weight excluding hydrogens is 510 g/mol. The first-order valence-corrected chi connectivity index (χ1v) is 14.1. The summed E-state index contributed by atoms with van der Waals surface area (Å²) in [4.78, 5) is 13.0. The molecule has 0 bridgehead atoms. The Morgan fingerprint density at radius 3 is 2.58 bits per heavy atom. The standard InChI is InChI=1S/C27H37N3O7S/c1-18(2)15-30(38(33,34)21-10-8-20(28)9-11-21)16-24(31)23(14-19-6-4-3-5-7-19)29-27(32)37-25-17-36-26-22(25)12-13-35-26/h3-11,18,22-26,31H,12-17,28H2,1-2H3,(H,29,32)/t22-,23-,24+,25-,26+/m0/s1/i13D2. The highest BCUT2D eigenvalue weighted by atomic mass is 32.2. The van der Waals surface area contributed by atoms with Crippen LogP contribution in [-0.2, 0) is 30.7 Å². The minimum absolute atomic E-state index is 0.0266. The summed E-state index contributed by atoms with van der Waals surface area (Å²) < 4.78 is 60.1. The molecule has 5 atom stereocenters. The monoisotopic (exact) mass is 549 g/mol. The van der Waals surface area contributed by atoms with Gasteiger partial charge in [0.25, 0.3) is 0 Å². The molecule has 2 aliphatic rings. The van der Waals surface area contributed by atoms with Crippen molar-refractivity contribution in [3.63, 3.8) is 0 Å². The number of nitrogens with zero attached hydrogens (tertiary/aromatic N) is 1. The van der Waals surface area contributed by atoms with E-state index in [1.807, 2.05) is 44.2 Å². The van der Waals surface area contributed by atoms with Gasteiger partial charge in [-0.3, -0.25) is 0 Å². The normalized spacial score (nSPS) is 24.9. The number of hydrogen-bond donors (Lipinski definition) is 3. The Bertz CT molecular complexity index is 1250. The molecule has 208 valence electrons. The lowest BCUT2D eigenvalue weighted by molar-refractivity contribution is -0.0907. The lowest BCUT2D eigenvalue weighted by atomic mass is 10.0. The molecule has 0 saturated carbocycles. The van der Waals surface area contributed by atoms with Gasteiger partial charge in [0, 0.05) is 18.8 Å². The zero-order chi connectivity index (χ0) is 29.1. The first kappa shape index (κ1) is 25.6. The van der Waals surface area contributed by atoms with Crippen LogP contribution in [-0.4, -0.2) is 74.7 Å². The predicted molar refractivity (Wildman–Crippen MR) is 142 cm³/mol. The van der Waals surface area contributed by atoms with E-state index in [1.54, 1.807) is 0 Å². The van der Waals surface area contributed by atoms with Crippen molar-refractivity contribution < 1.29 is 35.3 Å². The molecule has 2 heterocycles. The van der Waals surface area contributed by atoms with Crippen LogP contribution in [0.5, 0.6) is 0 Å². The van der Waals surface area contributed by atoms with Gasteiger partial charge in [-0.2, -0.15) is 4.31 Å². The molecule has 1 amide bonds. The van der Waals surface area contributed by atoms with E-state index in [9.17, 15) is 18.3 Å². The fourth-order valence-electron chi connectivity index (χ4n) is 4.59. The summed E-state index contributed by atoms with van der Waals surface area (Å²) in [6.07, 6.45) is -3.38. The Morgan fingerprint density at radius 2 is 1.89 bits per heavy atom. The SMILES string of the molecule is [2H]C1([2H])C[C@@H]2[C@@H](OC[C@@H]2OC(=O)N[C@@H](Cc2ccccc2)[C@H](O)CN(CC(C)C)S(=O)(=O)c2ccc(N)cc2)O1. The van der Waals surface area contributed by atoms with Gasteiger partial charge in [0.15, 0.2) is 6.29 Å². The van der Waals surface area contributed by atoms with Crippen molar-refractivity contribution in [1.82, 2.24) is 9.62 Å². The Labute approximate surface area is 226 Å². The van der Waals surface area contributed by atoms with E-state index in [-0.39, 0.29) is 43.4 Å². The van der Waals surface area contributed by atoms with Gasteiger partial charge >= 0.3 is 6.09 Å². The molecule has 38 heavy (non-hydrogen) atoms. The summed E-state index contributed by atoms with van der Waals surface area (Å²) in [6, 6.07) is 14.2. The second-order valence-electron chi connectivity index (χ2n) is 10.1. The lowest BCUT2D eigenvalue weighted by Gasteiger charge is -2.31. The molecule has 2 fully saturated rings. The molecule has 2 aromatic rings. The summed E-state index contributed by atoms with van der Waals surface area (Å²) in [5, 5.41) is 14.1. The van der Waals surface area contributed by atoms with E-state index < -0.39 is 53.1 Å². The summed E-state index contributed by atoms with van der Waals surface area (Å²) in [7, 11) is -3.97. The minimum Gasteiger partial charge on any atom is -0.443 e. The Morgan fingerprint density at radius 1 is 1.18 bits per heavy atom. The molecule has 11 heteroatoms. The zero-order valence-corrected chi connectivity index (χ0v) is 22.3. The number of nitrogen functional groups attached to an aromatic ring is 1. The Balaban J connectivity index is 1.50. The van der Waals surface area contributed by atoms with Gasteiger partial charge in [-0.15, -0.1) is 0 Å². The van der Waals surface area contributed by atoms with Crippen LogP contribution < -0.4 is 11.1 Å². The average Bonchev–Trinajstić information content (AvgIpc) is 3.38. The summed E-state index contributed by atoms with van der Waals surface area (Å²) >= 11 is 0. The van der Waals surface area contributed by atoms with Crippen LogP contribution in [0, 0.1) is 11.8 Å². The van der Waals surface area contributed by atoms with Crippen molar-refractivity contribution in [2.24, 2.45) is 11.8 Å². The third-order valence-corrected chi connectivity index (χ3v) is 8.42. The molecule has 10 nitrogen and oxygen atoms in total. The molecule has 2 saturated heterocycles. The van der Waals surface area contributed by atoms with Crippen molar-refractivity contribution >= 4 is 21.8 Å². The molecule has 0 radical (unpaired) electrons. The predicted octanol–water partition coefficient (Wildman–Crippen LogP) is 2.38. The first-order valence-electron chi connectivity index (χ1n) is 13.7. The smallest absolute Gasteiger partial charge is 0.407 e. The molecule has 4 N–H and O–H groups in total. The van der Waals surface area contributed by atoms with Crippen LogP contribution in [0.4, 0.5) is 10.5 Å². The summed E-state index contributed by atoms with van der Waals surface area (Å²) in [5.74, 6) is -0.490. The van der Waals surface area contributed by atoms with Crippen LogP contribution in [0.15, 0.2) is 59.5 Å². The molecule has 0 spiro atoms. The van der Waals surface area contributed by atoms with E-state index in [1.165, 1.54) is 28.6 Å². The molecule has 2 aliphatic heterocycles. The van der Waals surface area contributed by atoms with Crippen molar-refractivity contribution in [2.75, 3.05) is 32.0 Å². The van der Waals surface area contributed by atoms with E-state index >= 15 is 0 Å². The molecule has 0 unspecified atom stereocenters. The number of hydrogen-bond acceptors (Lipinski definition) is 8. The fraction of sp³-hybridized carbons (Fsp3) is 0.519. The maximum absolute atomic E-state index is 13.5. The number of ether oxygens (including phenoxy) is 3.